The Morgan fingerprint density at radius 2 is 2.04 bits per heavy atom. The van der Waals surface area contributed by atoms with Crippen LogP contribution in [0.5, 0.6) is 5.75 Å². The van der Waals surface area contributed by atoms with E-state index in [0.29, 0.717) is 29.5 Å². The van der Waals surface area contributed by atoms with Gasteiger partial charge in [-0.05, 0) is 75.1 Å². The zero-order valence-corrected chi connectivity index (χ0v) is 16.4. The Balaban J connectivity index is 1.77. The lowest BCUT2D eigenvalue weighted by molar-refractivity contribution is -0.146. The Morgan fingerprint density at radius 3 is 2.69 bits per heavy atom. The third-order valence-corrected chi connectivity index (χ3v) is 8.10. The molecular formula is C21H27NO3S. The Morgan fingerprint density at radius 1 is 1.27 bits per heavy atom. The first-order valence-electron chi connectivity index (χ1n) is 9.47. The molecule has 0 amide bonds. The summed E-state index contributed by atoms with van der Waals surface area (Å²) in [5.41, 5.74) is 1.95. The van der Waals surface area contributed by atoms with E-state index in [2.05, 4.69) is 11.9 Å². The highest BCUT2D eigenvalue weighted by atomic mass is 32.1. The Hall–Kier alpha value is -1.43. The van der Waals surface area contributed by atoms with Crippen LogP contribution in [0.1, 0.15) is 59.3 Å². The molecule has 26 heavy (non-hydrogen) atoms. The second-order valence-corrected chi connectivity index (χ2v) is 9.30. The third-order valence-electron chi connectivity index (χ3n) is 6.87. The van der Waals surface area contributed by atoms with Gasteiger partial charge in [0.25, 0.3) is 0 Å². The molecule has 0 saturated heterocycles. The zero-order valence-electron chi connectivity index (χ0n) is 15.6. The number of phenolic OH excluding ortho intramolecular Hbond substituents is 1. The van der Waals surface area contributed by atoms with Crippen molar-refractivity contribution in [3.63, 3.8) is 0 Å². The molecule has 1 heterocycles. The van der Waals surface area contributed by atoms with Crippen molar-refractivity contribution in [2.75, 3.05) is 0 Å². The molecule has 2 aliphatic carbocycles. The monoisotopic (exact) mass is 373 g/mol. The molecule has 1 fully saturated rings. The molecule has 1 aromatic carbocycles. The van der Waals surface area contributed by atoms with Gasteiger partial charge in [-0.25, -0.2) is 4.98 Å². The summed E-state index contributed by atoms with van der Waals surface area (Å²) in [6.07, 6.45) is 3.00. The van der Waals surface area contributed by atoms with E-state index in [1.165, 1.54) is 22.5 Å². The average molecular weight is 374 g/mol. The fraction of sp³-hybridized carbons (Fsp3) is 0.571. The summed E-state index contributed by atoms with van der Waals surface area (Å²) in [7, 11) is 0. The van der Waals surface area contributed by atoms with Crippen LogP contribution in [-0.2, 0) is 17.4 Å². The maximum atomic E-state index is 11.4. The smallest absolute Gasteiger partial charge is 0.142 e. The number of benzene rings is 1. The largest absolute Gasteiger partial charge is 0.508 e. The van der Waals surface area contributed by atoms with Gasteiger partial charge in [-0.3, -0.25) is 0 Å². The molecule has 5 heteroatoms. The molecule has 3 unspecified atom stereocenters. The quantitative estimate of drug-likeness (QED) is 0.750. The van der Waals surface area contributed by atoms with Crippen molar-refractivity contribution >= 4 is 11.3 Å². The van der Waals surface area contributed by atoms with Gasteiger partial charge in [-0.2, -0.15) is 0 Å². The molecule has 2 aliphatic rings. The number of thiazole rings is 1. The van der Waals surface area contributed by atoms with Gasteiger partial charge in [0.2, 0.25) is 0 Å². The Labute approximate surface area is 158 Å². The summed E-state index contributed by atoms with van der Waals surface area (Å²) < 4.78 is 0. The number of rotatable bonds is 2. The number of aliphatic hydroxyl groups excluding tert-OH is 1. The Kier molecular flexibility index (Phi) is 4.17. The normalized spacial score (nSPS) is 33.6. The zero-order chi connectivity index (χ0) is 18.7. The van der Waals surface area contributed by atoms with Crippen molar-refractivity contribution in [2.45, 2.75) is 70.0 Å². The molecule has 0 radical (unpaired) electrons. The second-order valence-electron chi connectivity index (χ2n) is 8.10. The number of aromatic nitrogens is 1. The minimum atomic E-state index is -1.26. The summed E-state index contributed by atoms with van der Waals surface area (Å²) in [4.78, 5) is 5.67. The predicted molar refractivity (Wildman–Crippen MR) is 103 cm³/mol. The fourth-order valence-corrected chi connectivity index (χ4v) is 6.27. The van der Waals surface area contributed by atoms with Gasteiger partial charge in [-0.15, -0.1) is 11.3 Å². The molecule has 1 saturated carbocycles. The van der Waals surface area contributed by atoms with Crippen LogP contribution in [0, 0.1) is 19.8 Å². The number of nitrogens with zero attached hydrogens (tertiary/aromatic N) is 1. The first-order valence-corrected chi connectivity index (χ1v) is 10.3. The van der Waals surface area contributed by atoms with Gasteiger partial charge >= 0.3 is 0 Å². The predicted octanol–water partition coefficient (Wildman–Crippen LogP) is 3.72. The lowest BCUT2D eigenvalue weighted by Crippen LogP contribution is -2.56. The van der Waals surface area contributed by atoms with E-state index in [9.17, 15) is 15.3 Å². The lowest BCUT2D eigenvalue weighted by atomic mass is 9.52. The van der Waals surface area contributed by atoms with E-state index in [-0.39, 0.29) is 5.41 Å². The van der Waals surface area contributed by atoms with Crippen molar-refractivity contribution < 1.29 is 15.3 Å². The standard InChI is InChI=1S/C21H27NO3S/c1-4-20-11-18(24)21(25,19-22-12(2)13(3)26-19)10-15(20)6-5-14-9-16(23)7-8-17(14)20/h7-9,15,18,23-25H,4-6,10-11H2,1-3H3/t15-,18?,20?,21?/m1/s1. The molecule has 0 bridgehead atoms. The van der Waals surface area contributed by atoms with Crippen LogP contribution in [0.3, 0.4) is 0 Å². The van der Waals surface area contributed by atoms with Crippen LogP contribution in [0.2, 0.25) is 0 Å². The van der Waals surface area contributed by atoms with E-state index < -0.39 is 11.7 Å². The summed E-state index contributed by atoms with van der Waals surface area (Å²) in [6.45, 7) is 6.13. The van der Waals surface area contributed by atoms with Crippen molar-refractivity contribution in [3.8, 4) is 5.75 Å². The van der Waals surface area contributed by atoms with Crippen LogP contribution < -0.4 is 0 Å². The Bertz CT molecular complexity index is 828. The van der Waals surface area contributed by atoms with Crippen molar-refractivity contribution in [1.29, 1.82) is 0 Å². The molecule has 1 aromatic heterocycles. The van der Waals surface area contributed by atoms with E-state index in [1.807, 2.05) is 26.0 Å². The molecule has 2 aromatic rings. The first-order chi connectivity index (χ1) is 12.3. The summed E-state index contributed by atoms with van der Waals surface area (Å²) in [5.74, 6) is 0.595. The van der Waals surface area contributed by atoms with E-state index in [0.717, 1.165) is 29.8 Å². The van der Waals surface area contributed by atoms with E-state index in [4.69, 9.17) is 0 Å². The molecule has 140 valence electrons. The highest BCUT2D eigenvalue weighted by Crippen LogP contribution is 2.57. The third kappa shape index (κ3) is 2.44. The van der Waals surface area contributed by atoms with Gasteiger partial charge in [0.05, 0.1) is 11.8 Å². The van der Waals surface area contributed by atoms with Gasteiger partial charge < -0.3 is 15.3 Å². The van der Waals surface area contributed by atoms with E-state index >= 15 is 0 Å². The highest BCUT2D eigenvalue weighted by molar-refractivity contribution is 7.11. The van der Waals surface area contributed by atoms with Gasteiger partial charge in [0, 0.05) is 10.3 Å². The molecule has 4 rings (SSSR count). The van der Waals surface area contributed by atoms with Crippen LogP contribution in [-0.4, -0.2) is 26.4 Å². The van der Waals surface area contributed by atoms with Crippen LogP contribution in [0.4, 0.5) is 0 Å². The molecule has 4 nitrogen and oxygen atoms in total. The first kappa shape index (κ1) is 18.0. The number of aliphatic hydroxyl groups is 2. The fourth-order valence-electron chi connectivity index (χ4n) is 5.21. The topological polar surface area (TPSA) is 73.6 Å². The summed E-state index contributed by atoms with van der Waals surface area (Å²) in [5, 5.41) is 33.0. The van der Waals surface area contributed by atoms with Crippen molar-refractivity contribution in [3.05, 3.63) is 44.9 Å². The van der Waals surface area contributed by atoms with Crippen molar-refractivity contribution in [2.24, 2.45) is 5.92 Å². The van der Waals surface area contributed by atoms with Gasteiger partial charge in [0.15, 0.2) is 0 Å². The van der Waals surface area contributed by atoms with Gasteiger partial charge in [0.1, 0.15) is 16.4 Å². The number of hydrogen-bond donors (Lipinski definition) is 3. The molecular weight excluding hydrogens is 346 g/mol. The molecule has 0 aliphatic heterocycles. The maximum absolute atomic E-state index is 11.4. The van der Waals surface area contributed by atoms with Crippen molar-refractivity contribution in [1.82, 2.24) is 4.98 Å². The number of phenols is 1. The summed E-state index contributed by atoms with van der Waals surface area (Å²) >= 11 is 1.50. The number of aromatic hydroxyl groups is 1. The van der Waals surface area contributed by atoms with E-state index in [1.54, 1.807) is 6.07 Å². The number of fused-ring (bicyclic) bond motifs is 3. The number of aryl methyl sites for hydroxylation is 3. The lowest BCUT2D eigenvalue weighted by Gasteiger charge is -2.54. The molecule has 4 atom stereocenters. The highest BCUT2D eigenvalue weighted by Gasteiger charge is 2.56. The number of hydrogen-bond acceptors (Lipinski definition) is 5. The maximum Gasteiger partial charge on any atom is 0.142 e. The van der Waals surface area contributed by atoms with Crippen LogP contribution in [0.25, 0.3) is 0 Å². The summed E-state index contributed by atoms with van der Waals surface area (Å²) in [6, 6.07) is 5.64. The van der Waals surface area contributed by atoms with Crippen LogP contribution >= 0.6 is 11.3 Å². The van der Waals surface area contributed by atoms with Gasteiger partial charge in [-0.1, -0.05) is 13.0 Å². The minimum Gasteiger partial charge on any atom is -0.508 e. The average Bonchev–Trinajstić information content (AvgIpc) is 2.95. The molecule has 3 N–H and O–H groups in total. The molecule has 0 spiro atoms. The van der Waals surface area contributed by atoms with Crippen LogP contribution in [0.15, 0.2) is 18.2 Å². The minimum absolute atomic E-state index is 0.145. The second kappa shape index (κ2) is 6.04. The SMILES string of the molecule is CCC12CC(O)C(O)(c3nc(C)c(C)s3)C[C@H]1CCc1cc(O)ccc12.